The normalized spacial score (nSPS) is 15.0. The largest absolute Gasteiger partial charge is 0.449 e. The lowest BCUT2D eigenvalue weighted by atomic mass is 9.95. The van der Waals surface area contributed by atoms with Crippen LogP contribution >= 0.6 is 11.3 Å². The van der Waals surface area contributed by atoms with E-state index in [1.165, 1.54) is 18.3 Å². The maximum Gasteiger partial charge on any atom is 0.342 e. The molecule has 6 nitrogen and oxygen atoms in total. The Morgan fingerprint density at radius 1 is 1.07 bits per heavy atom. The molecule has 154 valence electrons. The van der Waals surface area contributed by atoms with E-state index in [9.17, 15) is 14.4 Å². The molecule has 29 heavy (non-hydrogen) atoms. The smallest absolute Gasteiger partial charge is 0.342 e. The van der Waals surface area contributed by atoms with E-state index in [2.05, 4.69) is 10.6 Å². The van der Waals surface area contributed by atoms with E-state index in [0.29, 0.717) is 10.6 Å². The van der Waals surface area contributed by atoms with E-state index in [1.807, 2.05) is 37.3 Å². The third-order valence-corrected chi connectivity index (χ3v) is 6.18. The number of benzene rings is 1. The van der Waals surface area contributed by atoms with Crippen LogP contribution in [0.25, 0.3) is 0 Å². The highest BCUT2D eigenvalue weighted by Crippen LogP contribution is 2.38. The molecule has 1 aliphatic carbocycles. The summed E-state index contributed by atoms with van der Waals surface area (Å²) in [5.74, 6) is -1.16. The fourth-order valence-corrected chi connectivity index (χ4v) is 4.78. The van der Waals surface area contributed by atoms with Gasteiger partial charge in [-0.05, 0) is 50.7 Å². The number of hydrogen-bond donors (Lipinski definition) is 2. The molecule has 2 aromatic rings. The van der Waals surface area contributed by atoms with Crippen LogP contribution in [0.15, 0.2) is 30.3 Å². The van der Waals surface area contributed by atoms with E-state index < -0.39 is 12.1 Å². The van der Waals surface area contributed by atoms with Crippen LogP contribution in [0.4, 0.5) is 5.00 Å². The van der Waals surface area contributed by atoms with Crippen LogP contribution in [0.5, 0.6) is 0 Å². The second-order valence-corrected chi connectivity index (χ2v) is 8.39. The summed E-state index contributed by atoms with van der Waals surface area (Å²) in [6.07, 6.45) is 2.79. The number of amides is 2. The van der Waals surface area contributed by atoms with Crippen molar-refractivity contribution in [2.45, 2.75) is 58.6 Å². The quantitative estimate of drug-likeness (QED) is 0.700. The number of ether oxygens (including phenoxy) is 1. The van der Waals surface area contributed by atoms with Gasteiger partial charge in [0.1, 0.15) is 5.00 Å². The van der Waals surface area contributed by atoms with Crippen LogP contribution in [0.1, 0.15) is 66.0 Å². The molecule has 1 heterocycles. The van der Waals surface area contributed by atoms with Crippen molar-refractivity contribution < 1.29 is 19.1 Å². The molecule has 2 unspecified atom stereocenters. The number of anilines is 1. The Labute approximate surface area is 174 Å². The lowest BCUT2D eigenvalue weighted by molar-refractivity contribution is -0.129. The Bertz CT molecular complexity index is 907. The summed E-state index contributed by atoms with van der Waals surface area (Å²) in [6, 6.07) is 9.39. The first-order valence-corrected chi connectivity index (χ1v) is 10.7. The summed E-state index contributed by atoms with van der Waals surface area (Å²) in [5, 5.41) is 6.13. The van der Waals surface area contributed by atoms with Crippen LogP contribution in [-0.2, 0) is 27.2 Å². The molecule has 1 aromatic heterocycles. The fourth-order valence-electron chi connectivity index (χ4n) is 3.46. The summed E-state index contributed by atoms with van der Waals surface area (Å²) >= 11 is 1.43. The average Bonchev–Trinajstić information content (AvgIpc) is 3.05. The minimum atomic E-state index is -0.946. The number of rotatable bonds is 6. The Hall–Kier alpha value is -2.67. The number of hydrogen-bond acceptors (Lipinski definition) is 5. The lowest BCUT2D eigenvalue weighted by Crippen LogP contribution is -2.37. The third-order valence-electron chi connectivity index (χ3n) is 4.98. The van der Waals surface area contributed by atoms with Gasteiger partial charge in [0.2, 0.25) is 5.91 Å². The van der Waals surface area contributed by atoms with Crippen LogP contribution in [-0.4, -0.2) is 23.9 Å². The predicted octanol–water partition coefficient (Wildman–Crippen LogP) is 4.01. The first-order valence-electron chi connectivity index (χ1n) is 9.85. The van der Waals surface area contributed by atoms with E-state index in [4.69, 9.17) is 4.74 Å². The molecule has 2 atom stereocenters. The second kappa shape index (κ2) is 9.22. The monoisotopic (exact) mass is 414 g/mol. The van der Waals surface area contributed by atoms with Gasteiger partial charge in [0.25, 0.3) is 5.91 Å². The Kier molecular flexibility index (Phi) is 6.69. The summed E-state index contributed by atoms with van der Waals surface area (Å²) in [7, 11) is 0. The summed E-state index contributed by atoms with van der Waals surface area (Å²) in [5.41, 5.74) is 2.31. The number of carbonyl (C=O) groups excluding carboxylic acids is 3. The molecular weight excluding hydrogens is 388 g/mol. The van der Waals surface area contributed by atoms with E-state index in [0.717, 1.165) is 41.7 Å². The van der Waals surface area contributed by atoms with Crippen molar-refractivity contribution in [2.24, 2.45) is 0 Å². The van der Waals surface area contributed by atoms with Crippen molar-refractivity contribution in [1.29, 1.82) is 0 Å². The van der Waals surface area contributed by atoms with Crippen molar-refractivity contribution >= 4 is 34.1 Å². The van der Waals surface area contributed by atoms with Crippen molar-refractivity contribution in [3.63, 3.8) is 0 Å². The van der Waals surface area contributed by atoms with Gasteiger partial charge in [-0.25, -0.2) is 4.79 Å². The molecular formula is C22H26N2O4S. The number of carbonyl (C=O) groups is 3. The molecule has 0 spiro atoms. The molecule has 2 amide bonds. The highest BCUT2D eigenvalue weighted by Gasteiger charge is 2.29. The molecule has 0 fully saturated rings. The van der Waals surface area contributed by atoms with Gasteiger partial charge in [0, 0.05) is 11.8 Å². The molecule has 7 heteroatoms. The molecule has 3 rings (SSSR count). The number of thiophene rings is 1. The predicted molar refractivity (Wildman–Crippen MR) is 113 cm³/mol. The summed E-state index contributed by atoms with van der Waals surface area (Å²) in [6.45, 7) is 4.85. The van der Waals surface area contributed by atoms with Crippen LogP contribution in [0.3, 0.4) is 0 Å². The molecule has 0 aliphatic heterocycles. The van der Waals surface area contributed by atoms with Gasteiger partial charge in [0.05, 0.1) is 11.6 Å². The van der Waals surface area contributed by atoms with Crippen molar-refractivity contribution in [2.75, 3.05) is 5.32 Å². The van der Waals surface area contributed by atoms with Gasteiger partial charge in [-0.15, -0.1) is 11.3 Å². The van der Waals surface area contributed by atoms with E-state index in [-0.39, 0.29) is 17.9 Å². The van der Waals surface area contributed by atoms with E-state index in [1.54, 1.807) is 6.92 Å². The van der Waals surface area contributed by atoms with Crippen molar-refractivity contribution in [1.82, 2.24) is 5.32 Å². The summed E-state index contributed by atoms with van der Waals surface area (Å²) < 4.78 is 5.49. The fraction of sp³-hybridized carbons (Fsp3) is 0.409. The average molecular weight is 415 g/mol. The minimum absolute atomic E-state index is 0.200. The number of fused-ring (bicyclic) bond motifs is 1. The first-order chi connectivity index (χ1) is 13.9. The Morgan fingerprint density at radius 3 is 2.45 bits per heavy atom. The zero-order valence-electron chi connectivity index (χ0n) is 16.9. The maximum absolute atomic E-state index is 12.9. The van der Waals surface area contributed by atoms with Crippen LogP contribution in [0, 0.1) is 0 Å². The first kappa shape index (κ1) is 21.0. The second-order valence-electron chi connectivity index (χ2n) is 7.28. The molecule has 0 saturated carbocycles. The maximum atomic E-state index is 12.9. The Morgan fingerprint density at radius 2 is 1.76 bits per heavy atom. The molecule has 0 radical (unpaired) electrons. The van der Waals surface area contributed by atoms with Crippen molar-refractivity contribution in [3.8, 4) is 0 Å². The van der Waals surface area contributed by atoms with E-state index >= 15 is 0 Å². The Balaban J connectivity index is 1.71. The van der Waals surface area contributed by atoms with Crippen LogP contribution in [0.2, 0.25) is 0 Å². The molecule has 0 bridgehead atoms. The standard InChI is InChI=1S/C22H26N2O4S/c1-13(16-9-5-4-6-10-16)23-20(26)14(2)28-22(27)19-17-11-7-8-12-18(17)29-21(19)24-15(3)25/h4-6,9-10,13-14H,7-8,11-12H2,1-3H3,(H,23,26)(H,24,25). The molecule has 1 aromatic carbocycles. The van der Waals surface area contributed by atoms with Crippen LogP contribution < -0.4 is 10.6 Å². The molecule has 2 N–H and O–H groups in total. The highest BCUT2D eigenvalue weighted by molar-refractivity contribution is 7.17. The van der Waals surface area contributed by atoms with Gasteiger partial charge in [-0.3, -0.25) is 9.59 Å². The zero-order valence-corrected chi connectivity index (χ0v) is 17.7. The summed E-state index contributed by atoms with van der Waals surface area (Å²) in [4.78, 5) is 38.1. The highest BCUT2D eigenvalue weighted by atomic mass is 32.1. The van der Waals surface area contributed by atoms with Gasteiger partial charge in [0.15, 0.2) is 6.10 Å². The molecule has 1 aliphatic rings. The van der Waals surface area contributed by atoms with Crippen molar-refractivity contribution in [3.05, 3.63) is 51.9 Å². The zero-order chi connectivity index (χ0) is 21.0. The molecule has 0 saturated heterocycles. The van der Waals surface area contributed by atoms with Gasteiger partial charge in [-0.1, -0.05) is 30.3 Å². The number of nitrogens with one attached hydrogen (secondary N) is 2. The van der Waals surface area contributed by atoms with Gasteiger partial charge < -0.3 is 15.4 Å². The SMILES string of the molecule is CC(=O)Nc1sc2c(c1C(=O)OC(C)C(=O)NC(C)c1ccccc1)CCCC2. The lowest BCUT2D eigenvalue weighted by Gasteiger charge is -2.19. The van der Waals surface area contributed by atoms with Gasteiger partial charge in [-0.2, -0.15) is 0 Å². The number of esters is 1. The topological polar surface area (TPSA) is 84.5 Å². The third kappa shape index (κ3) is 5.03. The minimum Gasteiger partial charge on any atom is -0.449 e. The number of aryl methyl sites for hydroxylation is 1. The van der Waals surface area contributed by atoms with Gasteiger partial charge >= 0.3 is 5.97 Å².